The van der Waals surface area contributed by atoms with Gasteiger partial charge in [-0.15, -0.1) is 0 Å². The van der Waals surface area contributed by atoms with Crippen LogP contribution in [-0.4, -0.2) is 107 Å². The summed E-state index contributed by atoms with van der Waals surface area (Å²) in [5, 5.41) is 51.8. The highest BCUT2D eigenvalue weighted by Gasteiger charge is 2.78. The molecule has 2 heterocycles. The number of rotatable bonds is 70. The number of aliphatic hydroxyl groups is 2. The summed E-state index contributed by atoms with van der Waals surface area (Å²) in [5.74, 6) is -4.96. The molecule has 4 aromatic carbocycles. The molecule has 0 spiro atoms. The summed E-state index contributed by atoms with van der Waals surface area (Å²) < 4.78 is 52.6. The molecule has 1 saturated heterocycles. The highest BCUT2D eigenvalue weighted by atomic mass is 16.7. The van der Waals surface area contributed by atoms with E-state index in [9.17, 15) is 34.8 Å². The summed E-state index contributed by atoms with van der Waals surface area (Å²) in [7, 11) is 4.09. The second kappa shape index (κ2) is 55.8. The molecule has 1 aromatic heterocycles. The van der Waals surface area contributed by atoms with E-state index in [-0.39, 0.29) is 30.3 Å². The van der Waals surface area contributed by atoms with Crippen molar-refractivity contribution in [3.63, 3.8) is 0 Å². The monoisotopic (exact) mass is 1590 g/mol. The maximum atomic E-state index is 15.2. The molecule has 5 aromatic rings. The van der Waals surface area contributed by atoms with Crippen LogP contribution in [0.15, 0.2) is 113 Å². The Balaban J connectivity index is 1.36. The Labute approximate surface area is 685 Å². The quantitative estimate of drug-likeness (QED) is 0.0138. The van der Waals surface area contributed by atoms with Gasteiger partial charge in [0.05, 0.1) is 47.1 Å². The van der Waals surface area contributed by atoms with Gasteiger partial charge >= 0.3 is 17.6 Å². The van der Waals surface area contributed by atoms with E-state index in [1.54, 1.807) is 74.9 Å². The topological polar surface area (TPSA) is 244 Å². The summed E-state index contributed by atoms with van der Waals surface area (Å²) >= 11 is 0. The van der Waals surface area contributed by atoms with E-state index >= 15 is 4.79 Å². The van der Waals surface area contributed by atoms with Gasteiger partial charge in [-0.1, -0.05) is 364 Å². The standard InChI is InChI=1S/C96H150N2O16/c1-7-10-13-16-19-22-25-28-31-34-37-40-43-46-49-55-70-110-84-73-78(74-85(111-71-56-50-47-44-41-38-35-32-29-26-23-20-17-14-11-8-2)89(84)112-72-57-51-48-45-42-39-36-33-30-27-24-21-18-15-12-9-3)75-93(91(102)103,76-88(100)101)95(105)86(114-90(96(95,106)109-6)98-69-68-87(99)97-92(98)104)77-113-94(79-58-53-52-54-59-79,80-60-64-82(107-4)65-61-80)81-62-66-83(108-5)67-63-81/h52-54,58-69,73-74,86,90,105-106H,7-51,55-57,70-72,75-77H2,1-6H3,(H,100,101)(H,102,103)(H,97,99,104)/t86-,90-,93?,95+,96-/m1/s1. The number of benzene rings is 4. The lowest BCUT2D eigenvalue weighted by Crippen LogP contribution is -2.72. The molecule has 6 rings (SSSR count). The molecule has 5 N–H and O–H groups in total. The van der Waals surface area contributed by atoms with Gasteiger partial charge in [-0.25, -0.2) is 4.79 Å². The number of carbonyl (C=O) groups is 2. The van der Waals surface area contributed by atoms with Gasteiger partial charge in [0.2, 0.25) is 11.5 Å². The molecule has 1 aliphatic heterocycles. The zero-order chi connectivity index (χ0) is 81.8. The minimum Gasteiger partial charge on any atom is -0.497 e. The zero-order valence-corrected chi connectivity index (χ0v) is 71.3. The smallest absolute Gasteiger partial charge is 0.330 e. The van der Waals surface area contributed by atoms with E-state index in [0.29, 0.717) is 53.4 Å². The lowest BCUT2D eigenvalue weighted by molar-refractivity contribution is -0.326. The third-order valence-corrected chi connectivity index (χ3v) is 23.6. The average molecular weight is 1590 g/mol. The van der Waals surface area contributed by atoms with E-state index in [0.717, 1.165) is 88.1 Å². The Hall–Kier alpha value is -6.70. The molecule has 0 bridgehead atoms. The van der Waals surface area contributed by atoms with Crippen LogP contribution in [0.4, 0.5) is 0 Å². The third-order valence-electron chi connectivity index (χ3n) is 23.6. The number of hydrogen-bond donors (Lipinski definition) is 5. The first-order chi connectivity index (χ1) is 55.6. The fourth-order valence-electron chi connectivity index (χ4n) is 16.8. The van der Waals surface area contributed by atoms with Crippen LogP contribution < -0.4 is 34.9 Å². The molecule has 114 heavy (non-hydrogen) atoms. The lowest BCUT2D eigenvalue weighted by Gasteiger charge is -2.50. The van der Waals surface area contributed by atoms with Crippen LogP contribution in [0.3, 0.4) is 0 Å². The number of carboxylic acid groups (broad SMARTS) is 2. The Kier molecular flexibility index (Phi) is 47.1. The maximum absolute atomic E-state index is 15.2. The number of unbranched alkanes of at least 4 members (excludes halogenated alkanes) is 45. The molecule has 18 nitrogen and oxygen atoms in total. The molecule has 640 valence electrons. The second-order valence-corrected chi connectivity index (χ2v) is 32.5. The van der Waals surface area contributed by atoms with Crippen molar-refractivity contribution in [2.24, 2.45) is 5.41 Å². The van der Waals surface area contributed by atoms with Gasteiger partial charge in [-0.3, -0.25) is 23.9 Å². The molecule has 1 aliphatic rings. The Morgan fingerprint density at radius 3 is 1.12 bits per heavy atom. The van der Waals surface area contributed by atoms with Gasteiger partial charge < -0.3 is 58.3 Å². The van der Waals surface area contributed by atoms with Gasteiger partial charge in [-0.2, -0.15) is 0 Å². The van der Waals surface area contributed by atoms with Crippen molar-refractivity contribution in [3.05, 3.63) is 146 Å². The summed E-state index contributed by atoms with van der Waals surface area (Å²) in [4.78, 5) is 58.3. The van der Waals surface area contributed by atoms with Crippen molar-refractivity contribution in [1.29, 1.82) is 0 Å². The van der Waals surface area contributed by atoms with Crippen LogP contribution in [0.1, 0.15) is 364 Å². The van der Waals surface area contributed by atoms with Crippen LogP contribution in [0.2, 0.25) is 0 Å². The van der Waals surface area contributed by atoms with Gasteiger partial charge in [0.25, 0.3) is 5.56 Å². The normalized spacial score (nSPS) is 16.8. The van der Waals surface area contributed by atoms with Gasteiger partial charge in [0.15, 0.2) is 23.3 Å². The molecule has 0 amide bonds. The Bertz CT molecular complexity index is 3360. The minimum atomic E-state index is -3.41. The number of hydrogen-bond acceptors (Lipinski definition) is 14. The minimum absolute atomic E-state index is 0.156. The fourth-order valence-corrected chi connectivity index (χ4v) is 16.8. The Morgan fingerprint density at radius 1 is 0.456 bits per heavy atom. The molecule has 0 aliphatic carbocycles. The van der Waals surface area contributed by atoms with Crippen LogP contribution >= 0.6 is 0 Å². The van der Waals surface area contributed by atoms with Crippen molar-refractivity contribution >= 4 is 11.9 Å². The zero-order valence-electron chi connectivity index (χ0n) is 71.3. The molecular formula is C96H150N2O16. The fraction of sp³-hybridized carbons (Fsp3) is 0.688. The number of H-pyrrole nitrogens is 1. The number of methoxy groups -OCH3 is 3. The molecule has 0 saturated carbocycles. The van der Waals surface area contributed by atoms with Crippen LogP contribution in [0.25, 0.3) is 0 Å². The Morgan fingerprint density at radius 2 is 0.798 bits per heavy atom. The van der Waals surface area contributed by atoms with Crippen molar-refractivity contribution in [2.45, 2.75) is 371 Å². The number of ether oxygens (including phenoxy) is 8. The number of aliphatic carboxylic acids is 2. The number of aromatic nitrogens is 2. The van der Waals surface area contributed by atoms with Gasteiger partial charge in [-0.05, 0) is 84.3 Å². The van der Waals surface area contributed by atoms with Crippen LogP contribution in [-0.2, 0) is 35.8 Å². The van der Waals surface area contributed by atoms with Crippen molar-refractivity contribution in [2.75, 3.05) is 47.8 Å². The first-order valence-electron chi connectivity index (χ1n) is 45.1. The number of nitrogens with zero attached hydrogens (tertiary/aromatic N) is 1. The summed E-state index contributed by atoms with van der Waals surface area (Å²) in [6.07, 6.45) is 52.7. The van der Waals surface area contributed by atoms with Crippen molar-refractivity contribution in [3.8, 4) is 28.7 Å². The van der Waals surface area contributed by atoms with Crippen molar-refractivity contribution < 1.29 is 67.9 Å². The average Bonchev–Trinajstić information content (AvgIpc) is 1.50. The lowest BCUT2D eigenvalue weighted by atomic mass is 9.60. The number of carboxylic acids is 2. The van der Waals surface area contributed by atoms with Crippen LogP contribution in [0.5, 0.6) is 28.7 Å². The SMILES string of the molecule is CCCCCCCCCCCCCCCCCCOc1cc(CC(CC(=O)O)(C(=O)O)[C@@]2(O)[C@@H](COC(c3ccccc3)(c3ccc(OC)cc3)c3ccc(OC)cc3)O[C@@H](n3ccc(=O)[nH]c3=O)[C@@]2(O)OC)cc(OCCCCCCCCCCCCCCCCCC)c1OCCCCCCCCCCCCCCCCCC. The molecule has 0 radical (unpaired) electrons. The molecule has 1 fully saturated rings. The van der Waals surface area contributed by atoms with E-state index in [4.69, 9.17) is 37.9 Å². The van der Waals surface area contributed by atoms with Crippen molar-refractivity contribution in [1.82, 2.24) is 9.55 Å². The largest absolute Gasteiger partial charge is 0.497 e. The molecular weight excluding hydrogens is 1440 g/mol. The third kappa shape index (κ3) is 31.0. The maximum Gasteiger partial charge on any atom is 0.330 e. The first kappa shape index (κ1) is 96.1. The summed E-state index contributed by atoms with van der Waals surface area (Å²) in [6.45, 7) is 6.86. The molecule has 1 unspecified atom stereocenters. The second-order valence-electron chi connectivity index (χ2n) is 32.5. The predicted octanol–water partition coefficient (Wildman–Crippen LogP) is 23.2. The number of aromatic amines is 1. The van der Waals surface area contributed by atoms with E-state index < -0.39 is 77.4 Å². The van der Waals surface area contributed by atoms with E-state index in [1.807, 2.05) is 30.3 Å². The van der Waals surface area contributed by atoms with E-state index in [1.165, 1.54) is 231 Å². The number of nitrogens with one attached hydrogen (secondary N) is 1. The van der Waals surface area contributed by atoms with E-state index in [2.05, 4.69) is 25.8 Å². The highest BCUT2D eigenvalue weighted by Crippen LogP contribution is 2.58. The molecule has 18 heteroatoms. The van der Waals surface area contributed by atoms with Gasteiger partial charge in [0, 0.05) is 19.4 Å². The van der Waals surface area contributed by atoms with Gasteiger partial charge in [0.1, 0.15) is 28.6 Å². The van der Waals surface area contributed by atoms with Crippen LogP contribution in [0, 0.1) is 5.41 Å². The highest BCUT2D eigenvalue weighted by molar-refractivity contribution is 5.84. The molecule has 5 atom stereocenters. The summed E-state index contributed by atoms with van der Waals surface area (Å²) in [6, 6.07) is 27.6. The summed E-state index contributed by atoms with van der Waals surface area (Å²) in [5.41, 5.74) is -8.28. The first-order valence-corrected chi connectivity index (χ1v) is 45.1. The predicted molar refractivity (Wildman–Crippen MR) is 458 cm³/mol.